The largest absolute Gasteiger partial charge is 0.494 e. The monoisotopic (exact) mass is 334 g/mol. The second-order valence-corrected chi connectivity index (χ2v) is 6.19. The van der Waals surface area contributed by atoms with Gasteiger partial charge in [0.1, 0.15) is 5.75 Å². The Bertz CT molecular complexity index is 770. The number of benzene rings is 1. The van der Waals surface area contributed by atoms with Gasteiger partial charge < -0.3 is 15.0 Å². The normalized spacial score (nSPS) is 10.8. The van der Waals surface area contributed by atoms with Crippen LogP contribution in [-0.4, -0.2) is 33.2 Å². The van der Waals surface area contributed by atoms with E-state index in [1.165, 1.54) is 23.1 Å². The SMILES string of the molecule is CCOc1ccc2nc(SCC(=O)Nc3nccs3)[nH]c2c1. The summed E-state index contributed by atoms with van der Waals surface area (Å²) >= 11 is 2.75. The summed E-state index contributed by atoms with van der Waals surface area (Å²) in [6.07, 6.45) is 1.66. The van der Waals surface area contributed by atoms with Crippen molar-refractivity contribution in [1.82, 2.24) is 15.0 Å². The third-order valence-corrected chi connectivity index (χ3v) is 4.32. The minimum atomic E-state index is -0.101. The molecule has 3 rings (SSSR count). The molecule has 0 aliphatic heterocycles. The van der Waals surface area contributed by atoms with Gasteiger partial charge in [-0.3, -0.25) is 4.79 Å². The van der Waals surface area contributed by atoms with Crippen molar-refractivity contribution >= 4 is 45.2 Å². The number of carbonyl (C=O) groups excluding carboxylic acids is 1. The maximum atomic E-state index is 11.8. The molecule has 2 N–H and O–H groups in total. The van der Waals surface area contributed by atoms with Gasteiger partial charge >= 0.3 is 0 Å². The Labute approximate surface area is 135 Å². The van der Waals surface area contributed by atoms with Gasteiger partial charge in [0.2, 0.25) is 5.91 Å². The second-order valence-electron chi connectivity index (χ2n) is 4.33. The van der Waals surface area contributed by atoms with Gasteiger partial charge in [-0.1, -0.05) is 11.8 Å². The average Bonchev–Trinajstić information content (AvgIpc) is 3.14. The van der Waals surface area contributed by atoms with Crippen molar-refractivity contribution in [3.63, 3.8) is 0 Å². The van der Waals surface area contributed by atoms with E-state index in [1.54, 1.807) is 6.20 Å². The van der Waals surface area contributed by atoms with Gasteiger partial charge in [0.15, 0.2) is 10.3 Å². The number of carbonyl (C=O) groups is 1. The molecule has 1 amide bonds. The molecule has 2 heterocycles. The first-order valence-corrected chi connectivity index (χ1v) is 8.56. The first kappa shape index (κ1) is 14.9. The molecule has 0 aliphatic carbocycles. The summed E-state index contributed by atoms with van der Waals surface area (Å²) in [6, 6.07) is 5.69. The van der Waals surface area contributed by atoms with E-state index >= 15 is 0 Å². The van der Waals surface area contributed by atoms with E-state index in [4.69, 9.17) is 4.74 Å². The molecule has 114 valence electrons. The van der Waals surface area contributed by atoms with Gasteiger partial charge in [-0.15, -0.1) is 11.3 Å². The minimum absolute atomic E-state index is 0.101. The zero-order valence-corrected chi connectivity index (χ0v) is 13.5. The lowest BCUT2D eigenvalue weighted by molar-refractivity contribution is -0.113. The Kier molecular flexibility index (Phi) is 4.59. The van der Waals surface area contributed by atoms with Crippen molar-refractivity contribution in [1.29, 1.82) is 0 Å². The fourth-order valence-electron chi connectivity index (χ4n) is 1.86. The molecule has 3 aromatic rings. The van der Waals surface area contributed by atoms with Crippen LogP contribution in [0.2, 0.25) is 0 Å². The quantitative estimate of drug-likeness (QED) is 0.677. The lowest BCUT2D eigenvalue weighted by Gasteiger charge is -2.00. The first-order chi connectivity index (χ1) is 10.7. The Morgan fingerprint density at radius 1 is 1.50 bits per heavy atom. The van der Waals surface area contributed by atoms with Gasteiger partial charge in [0.25, 0.3) is 0 Å². The predicted molar refractivity (Wildman–Crippen MR) is 88.7 cm³/mol. The molecule has 1 aromatic carbocycles. The number of rotatable bonds is 6. The summed E-state index contributed by atoms with van der Waals surface area (Å²) in [6.45, 7) is 2.57. The molecule has 0 atom stereocenters. The molecule has 0 bridgehead atoms. The molecule has 0 saturated carbocycles. The van der Waals surface area contributed by atoms with Crippen LogP contribution in [-0.2, 0) is 4.79 Å². The summed E-state index contributed by atoms with van der Waals surface area (Å²) in [5.41, 5.74) is 1.75. The third-order valence-electron chi connectivity index (χ3n) is 2.76. The van der Waals surface area contributed by atoms with Crippen molar-refractivity contribution in [2.75, 3.05) is 17.7 Å². The highest BCUT2D eigenvalue weighted by Gasteiger charge is 2.09. The number of thioether (sulfide) groups is 1. The molecule has 2 aromatic heterocycles. The van der Waals surface area contributed by atoms with Gasteiger partial charge in [-0.05, 0) is 19.1 Å². The van der Waals surface area contributed by atoms with Crippen LogP contribution in [0.25, 0.3) is 11.0 Å². The van der Waals surface area contributed by atoms with E-state index in [-0.39, 0.29) is 11.7 Å². The van der Waals surface area contributed by atoms with Crippen LogP contribution in [0.5, 0.6) is 5.75 Å². The number of anilines is 1. The third kappa shape index (κ3) is 3.58. The van der Waals surface area contributed by atoms with E-state index in [1.807, 2.05) is 30.5 Å². The molecular weight excluding hydrogens is 320 g/mol. The smallest absolute Gasteiger partial charge is 0.236 e. The van der Waals surface area contributed by atoms with Gasteiger partial charge in [-0.25, -0.2) is 9.97 Å². The summed E-state index contributed by atoms with van der Waals surface area (Å²) in [5, 5.41) is 5.87. The number of aromatic amines is 1. The Balaban J connectivity index is 1.62. The summed E-state index contributed by atoms with van der Waals surface area (Å²) in [7, 11) is 0. The number of nitrogens with zero attached hydrogens (tertiary/aromatic N) is 2. The molecule has 22 heavy (non-hydrogen) atoms. The Hall–Kier alpha value is -2.06. The maximum absolute atomic E-state index is 11.8. The molecular formula is C14H14N4O2S2. The van der Waals surface area contributed by atoms with E-state index in [0.29, 0.717) is 16.9 Å². The number of imidazole rings is 1. The van der Waals surface area contributed by atoms with Crippen molar-refractivity contribution < 1.29 is 9.53 Å². The van der Waals surface area contributed by atoms with Crippen molar-refractivity contribution in [2.24, 2.45) is 0 Å². The van der Waals surface area contributed by atoms with Crippen LogP contribution in [0.4, 0.5) is 5.13 Å². The highest BCUT2D eigenvalue weighted by molar-refractivity contribution is 7.99. The maximum Gasteiger partial charge on any atom is 0.236 e. The number of aromatic nitrogens is 3. The molecule has 0 radical (unpaired) electrons. The first-order valence-electron chi connectivity index (χ1n) is 6.69. The number of hydrogen-bond donors (Lipinski definition) is 2. The number of H-pyrrole nitrogens is 1. The predicted octanol–water partition coefficient (Wildman–Crippen LogP) is 3.15. The minimum Gasteiger partial charge on any atom is -0.494 e. The molecule has 0 saturated heterocycles. The van der Waals surface area contributed by atoms with E-state index in [9.17, 15) is 4.79 Å². The topological polar surface area (TPSA) is 79.9 Å². The fourth-order valence-corrected chi connectivity index (χ4v) is 3.09. The molecule has 0 unspecified atom stereocenters. The molecule has 0 aliphatic rings. The number of fused-ring (bicyclic) bond motifs is 1. The highest BCUT2D eigenvalue weighted by atomic mass is 32.2. The highest BCUT2D eigenvalue weighted by Crippen LogP contribution is 2.23. The van der Waals surface area contributed by atoms with Crippen LogP contribution in [0.3, 0.4) is 0 Å². The summed E-state index contributed by atoms with van der Waals surface area (Å²) < 4.78 is 5.46. The van der Waals surface area contributed by atoms with Gasteiger partial charge in [0.05, 0.1) is 23.4 Å². The van der Waals surface area contributed by atoms with Crippen molar-refractivity contribution in [3.05, 3.63) is 29.8 Å². The zero-order chi connectivity index (χ0) is 15.4. The van der Waals surface area contributed by atoms with E-state index < -0.39 is 0 Å². The van der Waals surface area contributed by atoms with Crippen LogP contribution in [0.1, 0.15) is 6.92 Å². The average molecular weight is 334 g/mol. The van der Waals surface area contributed by atoms with Crippen LogP contribution in [0.15, 0.2) is 34.9 Å². The van der Waals surface area contributed by atoms with Crippen molar-refractivity contribution in [2.45, 2.75) is 12.1 Å². The Morgan fingerprint density at radius 2 is 2.41 bits per heavy atom. The number of ether oxygens (including phenoxy) is 1. The standard InChI is InChI=1S/C14H14N4O2S2/c1-2-20-9-3-4-10-11(7-9)17-14(16-10)22-8-12(19)18-13-15-5-6-21-13/h3-7H,2,8H2,1H3,(H,16,17)(H,15,18,19). The van der Waals surface area contributed by atoms with E-state index in [2.05, 4.69) is 20.3 Å². The molecule has 0 fully saturated rings. The zero-order valence-electron chi connectivity index (χ0n) is 11.8. The number of thiazole rings is 1. The molecule has 8 heteroatoms. The fraction of sp³-hybridized carbons (Fsp3) is 0.214. The van der Waals surface area contributed by atoms with Gasteiger partial charge in [0, 0.05) is 17.6 Å². The van der Waals surface area contributed by atoms with Crippen LogP contribution < -0.4 is 10.1 Å². The lowest BCUT2D eigenvalue weighted by atomic mass is 10.3. The summed E-state index contributed by atoms with van der Waals surface area (Å²) in [5.74, 6) is 0.977. The Morgan fingerprint density at radius 3 is 3.18 bits per heavy atom. The molecule has 0 spiro atoms. The number of nitrogens with one attached hydrogen (secondary N) is 2. The molecule has 6 nitrogen and oxygen atoms in total. The van der Waals surface area contributed by atoms with E-state index in [0.717, 1.165) is 16.8 Å². The van der Waals surface area contributed by atoms with Crippen molar-refractivity contribution in [3.8, 4) is 5.75 Å². The lowest BCUT2D eigenvalue weighted by Crippen LogP contribution is -2.13. The number of hydrogen-bond acceptors (Lipinski definition) is 6. The number of amides is 1. The summed E-state index contributed by atoms with van der Waals surface area (Å²) in [4.78, 5) is 23.5. The van der Waals surface area contributed by atoms with Crippen LogP contribution >= 0.6 is 23.1 Å². The second kappa shape index (κ2) is 6.80. The van der Waals surface area contributed by atoms with Gasteiger partial charge in [-0.2, -0.15) is 0 Å². The van der Waals surface area contributed by atoms with Crippen LogP contribution in [0, 0.1) is 0 Å².